The largest absolute Gasteiger partial charge is 0.377 e. The van der Waals surface area contributed by atoms with E-state index in [-0.39, 0.29) is 0 Å². The van der Waals surface area contributed by atoms with Gasteiger partial charge in [0.1, 0.15) is 0 Å². The molecule has 0 radical (unpaired) electrons. The highest BCUT2D eigenvalue weighted by molar-refractivity contribution is 9.09. The molecule has 1 aliphatic rings. The maximum absolute atomic E-state index is 5.77. The smallest absolute Gasteiger partial charge is 0.0716 e. The van der Waals surface area contributed by atoms with Crippen molar-refractivity contribution in [2.75, 3.05) is 11.9 Å². The highest BCUT2D eigenvalue weighted by Crippen LogP contribution is 2.49. The van der Waals surface area contributed by atoms with Gasteiger partial charge < -0.3 is 4.74 Å². The number of hydrogen-bond acceptors (Lipinski definition) is 1. The molecule has 1 aliphatic carbocycles. The molecule has 17 heavy (non-hydrogen) atoms. The second-order valence-corrected chi connectivity index (χ2v) is 6.00. The molecule has 0 N–H and O–H groups in total. The summed E-state index contributed by atoms with van der Waals surface area (Å²) in [5.41, 5.74) is 1.79. The Morgan fingerprint density at radius 2 is 2.00 bits per heavy atom. The van der Waals surface area contributed by atoms with E-state index in [9.17, 15) is 0 Å². The molecule has 0 aromatic heterocycles. The SMILES string of the molecule is CC1CC(CBr)(CCOCc2ccccc2)C1. The van der Waals surface area contributed by atoms with Crippen LogP contribution in [0.5, 0.6) is 0 Å². The van der Waals surface area contributed by atoms with Crippen LogP contribution < -0.4 is 0 Å². The first kappa shape index (κ1) is 13.1. The van der Waals surface area contributed by atoms with Gasteiger partial charge in [-0.05, 0) is 36.2 Å². The van der Waals surface area contributed by atoms with Crippen LogP contribution in [0.1, 0.15) is 31.7 Å². The number of ether oxygens (including phenoxy) is 1. The van der Waals surface area contributed by atoms with Crippen LogP contribution in [0.4, 0.5) is 0 Å². The fourth-order valence-electron chi connectivity index (χ4n) is 2.85. The second-order valence-electron chi connectivity index (χ2n) is 5.44. The molecule has 0 aliphatic heterocycles. The molecule has 1 aromatic carbocycles. The Morgan fingerprint density at radius 3 is 2.59 bits per heavy atom. The van der Waals surface area contributed by atoms with E-state index < -0.39 is 0 Å². The fraction of sp³-hybridized carbons (Fsp3) is 0.600. The van der Waals surface area contributed by atoms with E-state index in [1.807, 2.05) is 6.07 Å². The Kier molecular flexibility index (Phi) is 4.63. The first-order chi connectivity index (χ1) is 8.24. The lowest BCUT2D eigenvalue weighted by Crippen LogP contribution is -2.38. The van der Waals surface area contributed by atoms with Gasteiger partial charge in [0.25, 0.3) is 0 Å². The predicted octanol–water partition coefficient (Wildman–Crippen LogP) is 4.40. The predicted molar refractivity (Wildman–Crippen MR) is 75.3 cm³/mol. The first-order valence-electron chi connectivity index (χ1n) is 6.42. The Morgan fingerprint density at radius 1 is 1.29 bits per heavy atom. The zero-order valence-corrected chi connectivity index (χ0v) is 12.1. The second kappa shape index (κ2) is 6.01. The minimum Gasteiger partial charge on any atom is -0.377 e. The summed E-state index contributed by atoms with van der Waals surface area (Å²) in [6.07, 6.45) is 3.90. The topological polar surface area (TPSA) is 9.23 Å². The maximum Gasteiger partial charge on any atom is 0.0716 e. The van der Waals surface area contributed by atoms with Crippen LogP contribution in [0.3, 0.4) is 0 Å². The van der Waals surface area contributed by atoms with Crippen molar-refractivity contribution in [2.24, 2.45) is 11.3 Å². The molecular weight excluding hydrogens is 276 g/mol. The lowest BCUT2D eigenvalue weighted by atomic mass is 9.62. The van der Waals surface area contributed by atoms with Gasteiger partial charge in [0, 0.05) is 11.9 Å². The molecule has 0 unspecified atom stereocenters. The van der Waals surface area contributed by atoms with Gasteiger partial charge in [0.15, 0.2) is 0 Å². The standard InChI is InChI=1S/C15H21BrO/c1-13-9-15(10-13,12-16)7-8-17-11-14-5-3-2-4-6-14/h2-6,13H,7-12H2,1H3. The normalized spacial score (nSPS) is 27.8. The van der Waals surface area contributed by atoms with Crippen molar-refractivity contribution in [2.45, 2.75) is 32.8 Å². The number of halogens is 1. The van der Waals surface area contributed by atoms with Gasteiger partial charge in [0.05, 0.1) is 6.61 Å². The summed E-state index contributed by atoms with van der Waals surface area (Å²) in [4.78, 5) is 0. The van der Waals surface area contributed by atoms with E-state index >= 15 is 0 Å². The molecule has 1 aromatic rings. The Hall–Kier alpha value is -0.340. The molecule has 0 spiro atoms. The van der Waals surface area contributed by atoms with Gasteiger partial charge in [-0.25, -0.2) is 0 Å². The first-order valence-corrected chi connectivity index (χ1v) is 7.54. The molecular formula is C15H21BrO. The van der Waals surface area contributed by atoms with Crippen LogP contribution >= 0.6 is 15.9 Å². The van der Waals surface area contributed by atoms with E-state index in [0.29, 0.717) is 5.41 Å². The van der Waals surface area contributed by atoms with Crippen LogP contribution in [0.25, 0.3) is 0 Å². The fourth-order valence-corrected chi connectivity index (χ4v) is 3.59. The van der Waals surface area contributed by atoms with Crippen molar-refractivity contribution >= 4 is 15.9 Å². The molecule has 1 nitrogen and oxygen atoms in total. The third-order valence-corrected chi connectivity index (χ3v) is 4.92. The minimum atomic E-state index is 0.524. The summed E-state index contributed by atoms with van der Waals surface area (Å²) in [6, 6.07) is 10.4. The van der Waals surface area contributed by atoms with Crippen LogP contribution in [0.2, 0.25) is 0 Å². The van der Waals surface area contributed by atoms with Crippen LogP contribution in [-0.2, 0) is 11.3 Å². The lowest BCUT2D eigenvalue weighted by Gasteiger charge is -2.45. The van der Waals surface area contributed by atoms with Crippen molar-refractivity contribution in [1.82, 2.24) is 0 Å². The average molecular weight is 297 g/mol. The number of hydrogen-bond donors (Lipinski definition) is 0. The third kappa shape index (κ3) is 3.56. The minimum absolute atomic E-state index is 0.524. The summed E-state index contributed by atoms with van der Waals surface area (Å²) in [5.74, 6) is 0.904. The van der Waals surface area contributed by atoms with Crippen molar-refractivity contribution in [3.05, 3.63) is 35.9 Å². The third-order valence-electron chi connectivity index (χ3n) is 3.73. The summed E-state index contributed by atoms with van der Waals surface area (Å²) in [7, 11) is 0. The molecule has 1 fully saturated rings. The van der Waals surface area contributed by atoms with Gasteiger partial charge >= 0.3 is 0 Å². The number of rotatable bonds is 6. The van der Waals surface area contributed by atoms with Crippen LogP contribution in [0.15, 0.2) is 30.3 Å². The summed E-state index contributed by atoms with van der Waals surface area (Å²) in [5, 5.41) is 1.12. The quantitative estimate of drug-likeness (QED) is 0.558. The van der Waals surface area contributed by atoms with Crippen LogP contribution in [0, 0.1) is 11.3 Å². The van der Waals surface area contributed by atoms with Crippen molar-refractivity contribution in [3.63, 3.8) is 0 Å². The van der Waals surface area contributed by atoms with Gasteiger partial charge in [-0.1, -0.05) is 53.2 Å². The van der Waals surface area contributed by atoms with E-state index in [0.717, 1.165) is 24.5 Å². The molecule has 1 saturated carbocycles. The molecule has 0 bridgehead atoms. The Labute approximate surface area is 113 Å². The van der Waals surface area contributed by atoms with E-state index in [1.165, 1.54) is 24.8 Å². The van der Waals surface area contributed by atoms with Gasteiger partial charge in [-0.2, -0.15) is 0 Å². The summed E-state index contributed by atoms with van der Waals surface area (Å²) >= 11 is 3.65. The van der Waals surface area contributed by atoms with Crippen LogP contribution in [-0.4, -0.2) is 11.9 Å². The number of alkyl halides is 1. The van der Waals surface area contributed by atoms with E-state index in [2.05, 4.69) is 47.1 Å². The molecule has 0 heterocycles. The van der Waals surface area contributed by atoms with Gasteiger partial charge in [-0.15, -0.1) is 0 Å². The Balaban J connectivity index is 1.66. The molecule has 0 atom stereocenters. The Bertz CT molecular complexity index is 330. The highest BCUT2D eigenvalue weighted by Gasteiger charge is 2.40. The summed E-state index contributed by atoms with van der Waals surface area (Å²) < 4.78 is 5.77. The van der Waals surface area contributed by atoms with Crippen molar-refractivity contribution in [3.8, 4) is 0 Å². The molecule has 2 rings (SSSR count). The molecule has 2 heteroatoms. The maximum atomic E-state index is 5.77. The van der Waals surface area contributed by atoms with Gasteiger partial charge in [-0.3, -0.25) is 0 Å². The molecule has 0 saturated heterocycles. The van der Waals surface area contributed by atoms with Crippen molar-refractivity contribution < 1.29 is 4.74 Å². The van der Waals surface area contributed by atoms with E-state index in [4.69, 9.17) is 4.74 Å². The lowest BCUT2D eigenvalue weighted by molar-refractivity contribution is 0.0292. The van der Waals surface area contributed by atoms with Gasteiger partial charge in [0.2, 0.25) is 0 Å². The summed E-state index contributed by atoms with van der Waals surface area (Å²) in [6.45, 7) is 3.97. The highest BCUT2D eigenvalue weighted by atomic mass is 79.9. The molecule has 94 valence electrons. The molecule has 0 amide bonds. The number of benzene rings is 1. The monoisotopic (exact) mass is 296 g/mol. The zero-order valence-electron chi connectivity index (χ0n) is 10.5. The average Bonchev–Trinajstić information content (AvgIpc) is 2.33. The zero-order chi connectivity index (χ0) is 12.1. The van der Waals surface area contributed by atoms with Crippen molar-refractivity contribution in [1.29, 1.82) is 0 Å². The van der Waals surface area contributed by atoms with E-state index in [1.54, 1.807) is 0 Å².